The van der Waals surface area contributed by atoms with E-state index >= 15 is 0 Å². The smallest absolute Gasteiger partial charge is 0.160 e. The van der Waals surface area contributed by atoms with Gasteiger partial charge < -0.3 is 20.2 Å². The van der Waals surface area contributed by atoms with Crippen LogP contribution in [0.15, 0.2) is 4.99 Å². The summed E-state index contributed by atoms with van der Waals surface area (Å²) in [6.45, 7) is 2.89. The Bertz CT molecular complexity index is 379. The van der Waals surface area contributed by atoms with Crippen molar-refractivity contribution in [2.75, 3.05) is 18.9 Å². The molecule has 4 atom stereocenters. The van der Waals surface area contributed by atoms with Gasteiger partial charge in [0.15, 0.2) is 5.17 Å². The van der Waals surface area contributed by atoms with Gasteiger partial charge in [-0.25, -0.2) is 0 Å². The maximum absolute atomic E-state index is 10.0. The zero-order valence-corrected chi connectivity index (χ0v) is 15.0. The largest absolute Gasteiger partial charge is 0.394 e. The molecule has 2 aliphatic rings. The Morgan fingerprint density at radius 3 is 2.35 bits per heavy atom. The molecule has 6 heteroatoms. The second-order valence-electron chi connectivity index (χ2n) is 6.66. The summed E-state index contributed by atoms with van der Waals surface area (Å²) in [7, 11) is 0. The Morgan fingerprint density at radius 2 is 1.70 bits per heavy atom. The second kappa shape index (κ2) is 9.87. The van der Waals surface area contributed by atoms with Crippen molar-refractivity contribution in [1.82, 2.24) is 4.90 Å². The summed E-state index contributed by atoms with van der Waals surface area (Å²) in [4.78, 5) is 6.59. The minimum absolute atomic E-state index is 0.107. The quantitative estimate of drug-likeness (QED) is 0.529. The van der Waals surface area contributed by atoms with Crippen LogP contribution in [0, 0.1) is 0 Å². The van der Waals surface area contributed by atoms with E-state index in [0.29, 0.717) is 0 Å². The summed E-state index contributed by atoms with van der Waals surface area (Å²) >= 11 is 1.63. The van der Waals surface area contributed by atoms with E-state index in [1.165, 1.54) is 44.9 Å². The first-order chi connectivity index (χ1) is 11.2. The molecule has 23 heavy (non-hydrogen) atoms. The summed E-state index contributed by atoms with van der Waals surface area (Å²) in [6.07, 6.45) is 8.61. The zero-order chi connectivity index (χ0) is 16.7. The highest BCUT2D eigenvalue weighted by atomic mass is 32.2. The predicted molar refractivity (Wildman–Crippen MR) is 95.9 cm³/mol. The highest BCUT2D eigenvalue weighted by Crippen LogP contribution is 2.36. The minimum atomic E-state index is -0.876. The molecule has 2 aliphatic heterocycles. The van der Waals surface area contributed by atoms with Crippen molar-refractivity contribution in [3.63, 3.8) is 0 Å². The summed E-state index contributed by atoms with van der Waals surface area (Å²) < 4.78 is 0. The molecular weight excluding hydrogens is 312 g/mol. The molecule has 0 aromatic rings. The lowest BCUT2D eigenvalue weighted by Gasteiger charge is -2.24. The van der Waals surface area contributed by atoms with Crippen molar-refractivity contribution in [3.8, 4) is 0 Å². The van der Waals surface area contributed by atoms with E-state index < -0.39 is 18.2 Å². The average molecular weight is 345 g/mol. The van der Waals surface area contributed by atoms with Crippen molar-refractivity contribution in [2.45, 2.75) is 82.6 Å². The van der Waals surface area contributed by atoms with Crippen LogP contribution in [0.1, 0.15) is 58.3 Å². The standard InChI is InChI=1S/C17H32N2O3S/c1-2-3-4-5-6-7-8-9-10-18-17-19-13(11-20)15(21)16(22)14(19)12-23-17/h13-16,20-22H,2-12H2,1H3/t13-,14-,15-,16-/m0/s1. The molecule has 0 aliphatic carbocycles. The highest BCUT2D eigenvalue weighted by molar-refractivity contribution is 8.14. The molecule has 2 heterocycles. The van der Waals surface area contributed by atoms with E-state index in [1.54, 1.807) is 11.8 Å². The molecule has 0 amide bonds. The van der Waals surface area contributed by atoms with E-state index in [1.807, 2.05) is 4.90 Å². The van der Waals surface area contributed by atoms with Crippen LogP contribution in [0.3, 0.4) is 0 Å². The second-order valence-corrected chi connectivity index (χ2v) is 7.64. The molecule has 3 N–H and O–H groups in total. The van der Waals surface area contributed by atoms with Crippen LogP contribution in [0.4, 0.5) is 0 Å². The highest BCUT2D eigenvalue weighted by Gasteiger charge is 2.51. The molecular formula is C17H32N2O3S. The van der Waals surface area contributed by atoms with E-state index in [-0.39, 0.29) is 12.6 Å². The van der Waals surface area contributed by atoms with Crippen molar-refractivity contribution >= 4 is 16.9 Å². The Labute approximate surface area is 144 Å². The molecule has 2 saturated heterocycles. The van der Waals surface area contributed by atoms with E-state index in [0.717, 1.165) is 23.9 Å². The summed E-state index contributed by atoms with van der Waals surface area (Å²) in [5.41, 5.74) is 0. The van der Waals surface area contributed by atoms with Crippen molar-refractivity contribution in [3.05, 3.63) is 0 Å². The van der Waals surface area contributed by atoms with Gasteiger partial charge in [0.05, 0.1) is 18.7 Å². The number of aliphatic imine (C=N–C) groups is 1. The number of aliphatic hydroxyl groups is 3. The normalized spacial score (nSPS) is 32.0. The molecule has 5 nitrogen and oxygen atoms in total. The number of hydrogen-bond acceptors (Lipinski definition) is 5. The predicted octanol–water partition coefficient (Wildman–Crippen LogP) is 2.00. The number of thioether (sulfide) groups is 1. The van der Waals surface area contributed by atoms with Gasteiger partial charge in [-0.1, -0.05) is 63.6 Å². The van der Waals surface area contributed by atoms with Gasteiger partial charge in [-0.2, -0.15) is 0 Å². The molecule has 0 bridgehead atoms. The summed E-state index contributed by atoms with van der Waals surface area (Å²) in [5.74, 6) is 0.741. The summed E-state index contributed by atoms with van der Waals surface area (Å²) in [6, 6.07) is -0.521. The van der Waals surface area contributed by atoms with Gasteiger partial charge in [0.1, 0.15) is 12.2 Å². The van der Waals surface area contributed by atoms with Gasteiger partial charge in [0.25, 0.3) is 0 Å². The third kappa shape index (κ3) is 4.84. The molecule has 2 fully saturated rings. The fourth-order valence-corrected chi connectivity index (χ4v) is 4.75. The van der Waals surface area contributed by atoms with Crippen LogP contribution in [0.5, 0.6) is 0 Å². The van der Waals surface area contributed by atoms with Crippen LogP contribution in [-0.2, 0) is 0 Å². The molecule has 0 aromatic carbocycles. The van der Waals surface area contributed by atoms with Gasteiger partial charge in [0.2, 0.25) is 0 Å². The van der Waals surface area contributed by atoms with Gasteiger partial charge in [-0.05, 0) is 6.42 Å². The third-order valence-corrected chi connectivity index (χ3v) is 6.01. The van der Waals surface area contributed by atoms with Crippen LogP contribution in [0.2, 0.25) is 0 Å². The van der Waals surface area contributed by atoms with Crippen molar-refractivity contribution < 1.29 is 15.3 Å². The lowest BCUT2D eigenvalue weighted by atomic mass is 10.1. The lowest BCUT2D eigenvalue weighted by Crippen LogP contribution is -2.41. The number of hydrogen-bond donors (Lipinski definition) is 3. The maximum Gasteiger partial charge on any atom is 0.160 e. The fourth-order valence-electron chi connectivity index (χ4n) is 3.47. The number of aliphatic hydroxyl groups excluding tert-OH is 3. The van der Waals surface area contributed by atoms with Gasteiger partial charge >= 0.3 is 0 Å². The number of amidine groups is 1. The molecule has 0 radical (unpaired) electrons. The lowest BCUT2D eigenvalue weighted by molar-refractivity contribution is 0.0206. The maximum atomic E-state index is 10.0. The molecule has 134 valence electrons. The summed E-state index contributed by atoms with van der Waals surface area (Å²) in [5, 5.41) is 30.4. The van der Waals surface area contributed by atoms with E-state index in [4.69, 9.17) is 0 Å². The topological polar surface area (TPSA) is 76.3 Å². The first-order valence-electron chi connectivity index (χ1n) is 9.13. The Kier molecular flexibility index (Phi) is 8.16. The first kappa shape index (κ1) is 19.0. The Morgan fingerprint density at radius 1 is 1.04 bits per heavy atom. The van der Waals surface area contributed by atoms with Crippen LogP contribution in [0.25, 0.3) is 0 Å². The van der Waals surface area contributed by atoms with Gasteiger partial charge in [-0.3, -0.25) is 4.99 Å². The van der Waals surface area contributed by atoms with Gasteiger partial charge in [-0.15, -0.1) is 0 Å². The average Bonchev–Trinajstić information content (AvgIpc) is 3.06. The van der Waals surface area contributed by atoms with Crippen molar-refractivity contribution in [2.24, 2.45) is 4.99 Å². The van der Waals surface area contributed by atoms with E-state index in [9.17, 15) is 15.3 Å². The van der Waals surface area contributed by atoms with Crippen LogP contribution in [-0.4, -0.2) is 68.6 Å². The monoisotopic (exact) mass is 344 g/mol. The molecule has 0 unspecified atom stereocenters. The van der Waals surface area contributed by atoms with Crippen molar-refractivity contribution in [1.29, 1.82) is 0 Å². The van der Waals surface area contributed by atoms with Crippen LogP contribution < -0.4 is 0 Å². The molecule has 2 rings (SSSR count). The fraction of sp³-hybridized carbons (Fsp3) is 0.941. The number of rotatable bonds is 10. The number of fused-ring (bicyclic) bond motifs is 1. The van der Waals surface area contributed by atoms with Crippen LogP contribution >= 0.6 is 11.8 Å². The van der Waals surface area contributed by atoms with Gasteiger partial charge in [0, 0.05) is 12.3 Å². The number of unbranched alkanes of at least 4 members (excludes halogenated alkanes) is 7. The van der Waals surface area contributed by atoms with E-state index in [2.05, 4.69) is 11.9 Å². The SMILES string of the molecule is CCCCCCCCCCN=C1SC[C@H]2[C@H](O)[C@@H](O)[C@H](CO)N12. The number of nitrogens with zero attached hydrogens (tertiary/aromatic N) is 2. The Balaban J connectivity index is 1.68. The Hall–Kier alpha value is -0.300. The first-order valence-corrected chi connectivity index (χ1v) is 10.1. The molecule has 0 aromatic heterocycles. The minimum Gasteiger partial charge on any atom is -0.394 e. The molecule has 0 saturated carbocycles. The third-order valence-electron chi connectivity index (χ3n) is 4.90. The molecule has 0 spiro atoms. The zero-order valence-electron chi connectivity index (χ0n) is 14.2.